The zero-order valence-electron chi connectivity index (χ0n) is 11.2. The molecule has 0 saturated carbocycles. The van der Waals surface area contributed by atoms with Crippen molar-refractivity contribution in [3.8, 4) is 0 Å². The van der Waals surface area contributed by atoms with E-state index in [2.05, 4.69) is 12.2 Å². The van der Waals surface area contributed by atoms with Crippen LogP contribution in [0.2, 0.25) is 0 Å². The highest BCUT2D eigenvalue weighted by atomic mass is 35.5. The molecule has 0 aromatic rings. The van der Waals surface area contributed by atoms with E-state index < -0.39 is 0 Å². The third-order valence-electron chi connectivity index (χ3n) is 3.69. The maximum atomic E-state index is 12.0. The van der Waals surface area contributed by atoms with Gasteiger partial charge in [-0.25, -0.2) is 0 Å². The summed E-state index contributed by atoms with van der Waals surface area (Å²) in [5.74, 6) is 0.303. The lowest BCUT2D eigenvalue weighted by Crippen LogP contribution is -2.34. The van der Waals surface area contributed by atoms with E-state index in [0.29, 0.717) is 24.5 Å². The Morgan fingerprint density at radius 1 is 1.33 bits per heavy atom. The lowest BCUT2D eigenvalue weighted by Gasteiger charge is -2.20. The van der Waals surface area contributed by atoms with Crippen LogP contribution in [-0.2, 0) is 9.53 Å². The van der Waals surface area contributed by atoms with Crippen molar-refractivity contribution in [2.45, 2.75) is 51.2 Å². The summed E-state index contributed by atoms with van der Waals surface area (Å²) < 4.78 is 5.74. The summed E-state index contributed by atoms with van der Waals surface area (Å²) in [6, 6.07) is 0. The summed E-state index contributed by atoms with van der Waals surface area (Å²) in [5, 5.41) is 3.32. The Morgan fingerprint density at radius 2 is 2.17 bits per heavy atom. The van der Waals surface area contributed by atoms with E-state index in [1.165, 1.54) is 0 Å². The number of nitrogens with zero attached hydrogens (tertiary/aromatic N) is 1. The van der Waals surface area contributed by atoms with Gasteiger partial charge >= 0.3 is 0 Å². The van der Waals surface area contributed by atoms with Crippen LogP contribution in [0.15, 0.2) is 0 Å². The van der Waals surface area contributed by atoms with Crippen molar-refractivity contribution in [2.75, 3.05) is 26.2 Å². The minimum Gasteiger partial charge on any atom is -0.375 e. The van der Waals surface area contributed by atoms with Crippen molar-refractivity contribution in [3.63, 3.8) is 0 Å². The fraction of sp³-hybridized carbons (Fsp3) is 0.923. The zero-order valence-corrected chi connectivity index (χ0v) is 12.0. The number of ether oxygens (including phenoxy) is 1. The Kier molecular flexibility index (Phi) is 6.97. The van der Waals surface area contributed by atoms with Gasteiger partial charge in [-0.1, -0.05) is 0 Å². The van der Waals surface area contributed by atoms with Crippen molar-refractivity contribution < 1.29 is 9.53 Å². The molecule has 0 spiro atoms. The minimum absolute atomic E-state index is 0. The van der Waals surface area contributed by atoms with Gasteiger partial charge in [0.15, 0.2) is 0 Å². The topological polar surface area (TPSA) is 41.6 Å². The number of carbonyl (C=O) groups is 1. The smallest absolute Gasteiger partial charge is 0.222 e. The summed E-state index contributed by atoms with van der Waals surface area (Å²) in [7, 11) is 0. The van der Waals surface area contributed by atoms with Crippen molar-refractivity contribution in [2.24, 2.45) is 0 Å². The molecule has 0 aromatic carbocycles. The van der Waals surface area contributed by atoms with Crippen LogP contribution in [0.5, 0.6) is 0 Å². The Morgan fingerprint density at radius 3 is 2.89 bits per heavy atom. The highest BCUT2D eigenvalue weighted by Gasteiger charge is 2.23. The average molecular weight is 277 g/mol. The molecule has 2 atom stereocenters. The van der Waals surface area contributed by atoms with E-state index >= 15 is 0 Å². The van der Waals surface area contributed by atoms with Crippen LogP contribution in [0, 0.1) is 0 Å². The van der Waals surface area contributed by atoms with E-state index in [4.69, 9.17) is 4.74 Å². The number of amides is 1. The predicted molar refractivity (Wildman–Crippen MR) is 74.1 cm³/mol. The second-order valence-electron chi connectivity index (χ2n) is 5.17. The van der Waals surface area contributed by atoms with Crippen molar-refractivity contribution >= 4 is 18.3 Å². The molecule has 18 heavy (non-hydrogen) atoms. The number of hydrogen-bond acceptors (Lipinski definition) is 3. The van der Waals surface area contributed by atoms with E-state index in [9.17, 15) is 4.79 Å². The summed E-state index contributed by atoms with van der Waals surface area (Å²) in [5.41, 5.74) is 0. The molecule has 0 aromatic heterocycles. The van der Waals surface area contributed by atoms with Gasteiger partial charge in [0.05, 0.1) is 12.2 Å². The molecule has 1 N–H and O–H groups in total. The van der Waals surface area contributed by atoms with E-state index in [1.54, 1.807) is 0 Å². The van der Waals surface area contributed by atoms with Crippen LogP contribution in [0.25, 0.3) is 0 Å². The summed E-state index contributed by atoms with van der Waals surface area (Å²) >= 11 is 0. The molecule has 4 nitrogen and oxygen atoms in total. The summed E-state index contributed by atoms with van der Waals surface area (Å²) in [4.78, 5) is 14.0. The Balaban J connectivity index is 0.00000162. The largest absolute Gasteiger partial charge is 0.375 e. The van der Waals surface area contributed by atoms with Crippen molar-refractivity contribution in [1.82, 2.24) is 10.2 Å². The minimum atomic E-state index is 0. The quantitative estimate of drug-likeness (QED) is 0.851. The van der Waals surface area contributed by atoms with Crippen LogP contribution in [0.3, 0.4) is 0 Å². The molecule has 2 rings (SSSR count). The van der Waals surface area contributed by atoms with Gasteiger partial charge in [0, 0.05) is 26.1 Å². The Bertz CT molecular complexity index is 255. The molecule has 2 fully saturated rings. The van der Waals surface area contributed by atoms with Gasteiger partial charge in [-0.05, 0) is 39.2 Å². The maximum Gasteiger partial charge on any atom is 0.222 e. The molecule has 2 unspecified atom stereocenters. The van der Waals surface area contributed by atoms with Gasteiger partial charge in [0.2, 0.25) is 5.91 Å². The molecular formula is C13H25ClN2O2. The van der Waals surface area contributed by atoms with Crippen LogP contribution in [0.1, 0.15) is 39.0 Å². The number of halogens is 1. The number of nitrogens with one attached hydrogen (secondary N) is 1. The summed E-state index contributed by atoms with van der Waals surface area (Å²) in [6.45, 7) is 5.85. The van der Waals surface area contributed by atoms with Gasteiger partial charge < -0.3 is 15.0 Å². The van der Waals surface area contributed by atoms with Gasteiger partial charge in [0.25, 0.3) is 0 Å². The molecule has 2 heterocycles. The van der Waals surface area contributed by atoms with Crippen molar-refractivity contribution in [1.29, 1.82) is 0 Å². The van der Waals surface area contributed by atoms with Crippen molar-refractivity contribution in [3.05, 3.63) is 0 Å². The van der Waals surface area contributed by atoms with Gasteiger partial charge in [-0.2, -0.15) is 0 Å². The van der Waals surface area contributed by atoms with E-state index in [0.717, 1.165) is 51.9 Å². The predicted octanol–water partition coefficient (Wildman–Crippen LogP) is 1.58. The molecule has 0 radical (unpaired) electrons. The fourth-order valence-corrected chi connectivity index (χ4v) is 2.64. The maximum absolute atomic E-state index is 12.0. The third-order valence-corrected chi connectivity index (χ3v) is 3.69. The highest BCUT2D eigenvalue weighted by molar-refractivity contribution is 5.85. The molecular weight excluding hydrogens is 252 g/mol. The number of rotatable bonds is 3. The first-order valence-corrected chi connectivity index (χ1v) is 6.89. The number of hydrogen-bond donors (Lipinski definition) is 1. The average Bonchev–Trinajstić information content (AvgIpc) is 2.58. The lowest BCUT2D eigenvalue weighted by molar-refractivity contribution is -0.131. The SMILES string of the molecule is CC1CCC(CCC(=O)N2CCCNCC2)O1.Cl. The zero-order chi connectivity index (χ0) is 12.1. The van der Waals surface area contributed by atoms with Gasteiger partial charge in [0.1, 0.15) is 0 Å². The molecule has 5 heteroatoms. The first-order valence-electron chi connectivity index (χ1n) is 6.89. The molecule has 2 aliphatic heterocycles. The Labute approximate surface area is 116 Å². The van der Waals surface area contributed by atoms with Gasteiger partial charge in [-0.15, -0.1) is 12.4 Å². The fourth-order valence-electron chi connectivity index (χ4n) is 2.64. The summed E-state index contributed by atoms with van der Waals surface area (Å²) in [6.07, 6.45) is 5.59. The second kappa shape index (κ2) is 7.97. The van der Waals surface area contributed by atoms with Gasteiger partial charge in [-0.3, -0.25) is 4.79 Å². The second-order valence-corrected chi connectivity index (χ2v) is 5.17. The lowest BCUT2D eigenvalue weighted by atomic mass is 10.1. The standard InChI is InChI=1S/C13H24N2O2.ClH/c1-11-3-4-12(17-11)5-6-13(16)15-9-2-7-14-8-10-15;/h11-12,14H,2-10H2,1H3;1H. The van der Waals surface area contributed by atoms with Crippen LogP contribution >= 0.6 is 12.4 Å². The molecule has 0 aliphatic carbocycles. The van der Waals surface area contributed by atoms with Crippen LogP contribution < -0.4 is 5.32 Å². The van der Waals surface area contributed by atoms with Crippen LogP contribution in [0.4, 0.5) is 0 Å². The van der Waals surface area contributed by atoms with E-state index in [-0.39, 0.29) is 12.4 Å². The first-order chi connectivity index (χ1) is 8.25. The highest BCUT2D eigenvalue weighted by Crippen LogP contribution is 2.22. The molecule has 2 saturated heterocycles. The molecule has 1 amide bonds. The van der Waals surface area contributed by atoms with E-state index in [1.807, 2.05) is 4.90 Å². The monoisotopic (exact) mass is 276 g/mol. The van der Waals surface area contributed by atoms with Crippen LogP contribution in [-0.4, -0.2) is 49.2 Å². The molecule has 0 bridgehead atoms. The Hall–Kier alpha value is -0.320. The first kappa shape index (κ1) is 15.7. The number of carbonyl (C=O) groups excluding carboxylic acids is 1. The third kappa shape index (κ3) is 4.75. The normalized spacial score (nSPS) is 28.6. The molecule has 2 aliphatic rings. The molecule has 106 valence electrons.